The highest BCUT2D eigenvalue weighted by Crippen LogP contribution is 2.26. The van der Waals surface area contributed by atoms with Crippen molar-refractivity contribution < 1.29 is 13.2 Å². The molecular weight excluding hydrogens is 346 g/mol. The predicted octanol–water partition coefficient (Wildman–Crippen LogP) is -0.657. The monoisotopic (exact) mass is 371 g/mol. The number of sulfonamides is 1. The number of carbonyl (C=O) groups excluding carboxylic acids is 1. The second kappa shape index (κ2) is 6.91. The van der Waals surface area contributed by atoms with Crippen LogP contribution in [0.1, 0.15) is 37.4 Å². The first kappa shape index (κ1) is 18.1. The van der Waals surface area contributed by atoms with Gasteiger partial charge in [0.15, 0.2) is 0 Å². The van der Waals surface area contributed by atoms with E-state index < -0.39 is 10.0 Å². The molecule has 1 atom stereocenters. The minimum atomic E-state index is -3.26. The second-order valence-corrected chi connectivity index (χ2v) is 8.89. The minimum absolute atomic E-state index is 0.0603. The van der Waals surface area contributed by atoms with Gasteiger partial charge in [0.25, 0.3) is 0 Å². The van der Waals surface area contributed by atoms with Gasteiger partial charge in [0.1, 0.15) is 12.4 Å². The topological polar surface area (TPSA) is 97.5 Å². The van der Waals surface area contributed by atoms with E-state index in [2.05, 4.69) is 5.10 Å². The molecule has 3 rings (SSSR count). The Labute approximate surface area is 147 Å². The smallest absolute Gasteiger partial charge is 0.341 e. The molecule has 0 N–H and O–H groups in total. The van der Waals surface area contributed by atoms with Crippen LogP contribution in [0.25, 0.3) is 0 Å². The Hall–Kier alpha value is -1.68. The number of amides is 1. The van der Waals surface area contributed by atoms with Crippen LogP contribution >= 0.6 is 0 Å². The van der Waals surface area contributed by atoms with Gasteiger partial charge in [-0.05, 0) is 25.7 Å². The molecule has 2 fully saturated rings. The molecule has 0 unspecified atom stereocenters. The van der Waals surface area contributed by atoms with Gasteiger partial charge < -0.3 is 4.90 Å². The molecule has 3 heterocycles. The lowest BCUT2D eigenvalue weighted by molar-refractivity contribution is -0.131. The van der Waals surface area contributed by atoms with E-state index >= 15 is 0 Å². The summed E-state index contributed by atoms with van der Waals surface area (Å²) in [5.41, 5.74) is -0.334. The molecule has 2 aliphatic rings. The zero-order valence-electron chi connectivity index (χ0n) is 14.7. The molecule has 0 bridgehead atoms. The van der Waals surface area contributed by atoms with Crippen molar-refractivity contribution in [2.24, 2.45) is 7.05 Å². The van der Waals surface area contributed by atoms with Gasteiger partial charge in [-0.1, -0.05) is 0 Å². The molecule has 0 aromatic carbocycles. The number of piperidine rings is 1. The molecular formula is C15H25N5O4S. The van der Waals surface area contributed by atoms with Crippen LogP contribution < -0.4 is 5.69 Å². The Balaban J connectivity index is 1.79. The van der Waals surface area contributed by atoms with E-state index in [1.165, 1.54) is 19.8 Å². The molecule has 0 radical (unpaired) electrons. The summed E-state index contributed by atoms with van der Waals surface area (Å²) in [5.74, 6) is 0.322. The average Bonchev–Trinajstić information content (AvgIpc) is 3.19. The summed E-state index contributed by atoms with van der Waals surface area (Å²) in [4.78, 5) is 26.5. The van der Waals surface area contributed by atoms with Crippen LogP contribution in [0, 0.1) is 0 Å². The van der Waals surface area contributed by atoms with E-state index in [9.17, 15) is 18.0 Å². The van der Waals surface area contributed by atoms with Crippen molar-refractivity contribution in [2.75, 3.05) is 32.4 Å². The molecule has 1 aromatic rings. The Morgan fingerprint density at radius 1 is 1.20 bits per heavy atom. The van der Waals surface area contributed by atoms with Crippen molar-refractivity contribution in [3.05, 3.63) is 16.3 Å². The fraction of sp³-hybridized carbons (Fsp3) is 0.800. The van der Waals surface area contributed by atoms with E-state index in [-0.39, 0.29) is 24.1 Å². The summed E-state index contributed by atoms with van der Waals surface area (Å²) in [6, 6.07) is 0. The van der Waals surface area contributed by atoms with Gasteiger partial charge in [-0.2, -0.15) is 5.10 Å². The number of nitrogens with zero attached hydrogens (tertiary/aromatic N) is 5. The summed E-state index contributed by atoms with van der Waals surface area (Å²) in [6.45, 7) is 2.23. The first-order valence-corrected chi connectivity index (χ1v) is 10.5. The van der Waals surface area contributed by atoms with Crippen LogP contribution in [-0.4, -0.2) is 70.3 Å². The van der Waals surface area contributed by atoms with Crippen molar-refractivity contribution in [3.8, 4) is 0 Å². The molecule has 1 aromatic heterocycles. The van der Waals surface area contributed by atoms with Gasteiger partial charge in [0.2, 0.25) is 15.9 Å². The van der Waals surface area contributed by atoms with Crippen molar-refractivity contribution in [1.82, 2.24) is 23.6 Å². The van der Waals surface area contributed by atoms with Gasteiger partial charge in [0, 0.05) is 39.1 Å². The molecule has 0 aliphatic carbocycles. The van der Waals surface area contributed by atoms with E-state index in [0.29, 0.717) is 18.9 Å². The molecule has 0 spiro atoms. The summed E-state index contributed by atoms with van der Waals surface area (Å²) in [6.07, 6.45) is 4.69. The summed E-state index contributed by atoms with van der Waals surface area (Å²) in [5, 5.41) is 4.36. The quantitative estimate of drug-likeness (QED) is 0.700. The molecule has 25 heavy (non-hydrogen) atoms. The van der Waals surface area contributed by atoms with E-state index in [0.717, 1.165) is 38.8 Å². The van der Waals surface area contributed by atoms with Crippen LogP contribution in [0.4, 0.5) is 0 Å². The third kappa shape index (κ3) is 3.79. The minimum Gasteiger partial charge on any atom is -0.341 e. The Morgan fingerprint density at radius 2 is 1.88 bits per heavy atom. The molecule has 10 heteroatoms. The Morgan fingerprint density at radius 3 is 2.52 bits per heavy atom. The highest BCUT2D eigenvalue weighted by molar-refractivity contribution is 7.88. The van der Waals surface area contributed by atoms with Gasteiger partial charge >= 0.3 is 5.69 Å². The van der Waals surface area contributed by atoms with Gasteiger partial charge in [0.05, 0.1) is 6.26 Å². The van der Waals surface area contributed by atoms with Crippen molar-refractivity contribution in [1.29, 1.82) is 0 Å². The molecule has 2 saturated heterocycles. The molecule has 0 saturated carbocycles. The fourth-order valence-electron chi connectivity index (χ4n) is 3.61. The van der Waals surface area contributed by atoms with Crippen LogP contribution in [-0.2, 0) is 28.4 Å². The SMILES string of the molecule is Cn1c([C@@H]2CCCN(S(C)(=O)=O)C2)nn(CC(=O)N2CCCC2)c1=O. The van der Waals surface area contributed by atoms with Crippen LogP contribution in [0.15, 0.2) is 4.79 Å². The Bertz CT molecular complexity index is 806. The maximum Gasteiger partial charge on any atom is 0.346 e. The summed E-state index contributed by atoms with van der Waals surface area (Å²) < 4.78 is 27.7. The van der Waals surface area contributed by atoms with Crippen LogP contribution in [0.2, 0.25) is 0 Å². The number of aromatic nitrogens is 3. The van der Waals surface area contributed by atoms with E-state index in [1.54, 1.807) is 11.9 Å². The maximum absolute atomic E-state index is 12.4. The molecule has 9 nitrogen and oxygen atoms in total. The third-order valence-corrected chi connectivity index (χ3v) is 6.31. The third-order valence-electron chi connectivity index (χ3n) is 5.04. The van der Waals surface area contributed by atoms with Crippen molar-refractivity contribution >= 4 is 15.9 Å². The second-order valence-electron chi connectivity index (χ2n) is 6.91. The normalized spacial score (nSPS) is 22.5. The first-order chi connectivity index (χ1) is 11.8. The number of rotatable bonds is 4. The average molecular weight is 371 g/mol. The number of hydrogen-bond donors (Lipinski definition) is 0. The summed E-state index contributed by atoms with van der Waals surface area (Å²) in [7, 11) is -1.64. The standard InChI is InChI=1S/C15H25N5O4S/c1-17-14(12-6-5-9-19(10-12)25(2,23)24)16-20(15(17)22)11-13(21)18-7-3-4-8-18/h12H,3-11H2,1-2H3/t12-/m1/s1. The van der Waals surface area contributed by atoms with E-state index in [4.69, 9.17) is 0 Å². The lowest BCUT2D eigenvalue weighted by Gasteiger charge is -2.30. The van der Waals surface area contributed by atoms with E-state index in [1.807, 2.05) is 0 Å². The predicted molar refractivity (Wildman–Crippen MR) is 91.7 cm³/mol. The van der Waals surface area contributed by atoms with Crippen molar-refractivity contribution in [3.63, 3.8) is 0 Å². The number of carbonyl (C=O) groups is 1. The van der Waals surface area contributed by atoms with Gasteiger partial charge in [-0.3, -0.25) is 9.36 Å². The molecule has 140 valence electrons. The van der Waals surface area contributed by atoms with Crippen molar-refractivity contribution in [2.45, 2.75) is 38.1 Å². The molecule has 2 aliphatic heterocycles. The van der Waals surface area contributed by atoms with Crippen LogP contribution in [0.3, 0.4) is 0 Å². The fourth-order valence-corrected chi connectivity index (χ4v) is 4.52. The summed E-state index contributed by atoms with van der Waals surface area (Å²) >= 11 is 0. The zero-order valence-corrected chi connectivity index (χ0v) is 15.5. The Kier molecular flexibility index (Phi) is 5.01. The zero-order chi connectivity index (χ0) is 18.2. The van der Waals surface area contributed by atoms with Gasteiger partial charge in [-0.25, -0.2) is 22.2 Å². The van der Waals surface area contributed by atoms with Gasteiger partial charge in [-0.15, -0.1) is 0 Å². The lowest BCUT2D eigenvalue weighted by Crippen LogP contribution is -2.39. The van der Waals surface area contributed by atoms with Crippen LogP contribution in [0.5, 0.6) is 0 Å². The first-order valence-electron chi connectivity index (χ1n) is 8.64. The highest BCUT2D eigenvalue weighted by atomic mass is 32.2. The largest absolute Gasteiger partial charge is 0.346 e. The number of likely N-dealkylation sites (tertiary alicyclic amines) is 1. The highest BCUT2D eigenvalue weighted by Gasteiger charge is 2.30. The lowest BCUT2D eigenvalue weighted by atomic mass is 9.99. The number of hydrogen-bond acceptors (Lipinski definition) is 5. The molecule has 1 amide bonds. The maximum atomic E-state index is 12.4.